The van der Waals surface area contributed by atoms with Gasteiger partial charge < -0.3 is 5.11 Å². The maximum Gasteiger partial charge on any atom is 0.335 e. The zero-order valence-electron chi connectivity index (χ0n) is 9.95. The SMILES string of the molecule is O=C(O)c1cccc(NS(=O)(=O)c2ncccc2F)c1. The summed E-state index contributed by atoms with van der Waals surface area (Å²) in [5.41, 5.74) is -0.0818. The Labute approximate surface area is 114 Å². The molecule has 2 rings (SSSR count). The first-order valence-electron chi connectivity index (χ1n) is 5.37. The van der Waals surface area contributed by atoms with Crippen LogP contribution in [0.5, 0.6) is 0 Å². The molecule has 8 heteroatoms. The summed E-state index contributed by atoms with van der Waals surface area (Å²) >= 11 is 0. The Morgan fingerprint density at radius 3 is 2.65 bits per heavy atom. The molecule has 0 saturated heterocycles. The molecule has 0 aliphatic heterocycles. The van der Waals surface area contributed by atoms with Crippen molar-refractivity contribution in [3.8, 4) is 0 Å². The van der Waals surface area contributed by atoms with E-state index in [-0.39, 0.29) is 11.3 Å². The maximum atomic E-state index is 13.4. The highest BCUT2D eigenvalue weighted by atomic mass is 32.2. The third-order valence-electron chi connectivity index (χ3n) is 2.34. The molecule has 20 heavy (non-hydrogen) atoms. The van der Waals surface area contributed by atoms with Gasteiger partial charge in [0.25, 0.3) is 10.0 Å². The second-order valence-electron chi connectivity index (χ2n) is 3.78. The molecule has 1 aromatic carbocycles. The number of pyridine rings is 1. The third-order valence-corrected chi connectivity index (χ3v) is 3.65. The number of carboxylic acid groups (broad SMARTS) is 1. The van der Waals surface area contributed by atoms with Crippen molar-refractivity contribution in [2.24, 2.45) is 0 Å². The van der Waals surface area contributed by atoms with Crippen LogP contribution in [0.25, 0.3) is 0 Å². The fraction of sp³-hybridized carbons (Fsp3) is 0. The summed E-state index contributed by atoms with van der Waals surface area (Å²) in [6.45, 7) is 0. The van der Waals surface area contributed by atoms with Gasteiger partial charge in [-0.3, -0.25) is 4.72 Å². The minimum Gasteiger partial charge on any atom is -0.478 e. The van der Waals surface area contributed by atoms with Crippen LogP contribution in [0.15, 0.2) is 47.6 Å². The quantitative estimate of drug-likeness (QED) is 0.895. The first kappa shape index (κ1) is 13.9. The Balaban J connectivity index is 2.36. The van der Waals surface area contributed by atoms with Crippen molar-refractivity contribution in [1.29, 1.82) is 0 Å². The molecule has 0 bridgehead atoms. The van der Waals surface area contributed by atoms with Crippen LogP contribution in [-0.4, -0.2) is 24.5 Å². The zero-order valence-corrected chi connectivity index (χ0v) is 10.8. The van der Waals surface area contributed by atoms with E-state index in [1.54, 1.807) is 0 Å². The molecule has 2 aromatic rings. The van der Waals surface area contributed by atoms with Gasteiger partial charge in [0.05, 0.1) is 5.56 Å². The lowest BCUT2D eigenvalue weighted by molar-refractivity contribution is 0.0697. The number of nitrogens with one attached hydrogen (secondary N) is 1. The van der Waals surface area contributed by atoms with Gasteiger partial charge in [-0.25, -0.2) is 14.2 Å². The van der Waals surface area contributed by atoms with Crippen molar-refractivity contribution in [3.63, 3.8) is 0 Å². The third kappa shape index (κ3) is 2.91. The number of rotatable bonds is 4. The fourth-order valence-electron chi connectivity index (χ4n) is 1.49. The molecule has 0 aliphatic rings. The first-order chi connectivity index (χ1) is 9.40. The number of sulfonamides is 1. The predicted molar refractivity (Wildman–Crippen MR) is 68.4 cm³/mol. The van der Waals surface area contributed by atoms with Gasteiger partial charge in [-0.15, -0.1) is 0 Å². The van der Waals surface area contributed by atoms with E-state index in [1.165, 1.54) is 24.3 Å². The zero-order chi connectivity index (χ0) is 14.8. The van der Waals surface area contributed by atoms with Gasteiger partial charge in [0.2, 0.25) is 5.03 Å². The summed E-state index contributed by atoms with van der Waals surface area (Å²) < 4.78 is 39.4. The summed E-state index contributed by atoms with van der Waals surface area (Å²) in [6.07, 6.45) is 1.14. The smallest absolute Gasteiger partial charge is 0.335 e. The lowest BCUT2D eigenvalue weighted by atomic mass is 10.2. The van der Waals surface area contributed by atoms with Crippen molar-refractivity contribution in [3.05, 3.63) is 54.0 Å². The predicted octanol–water partition coefficient (Wildman–Crippen LogP) is 1.72. The molecule has 2 N–H and O–H groups in total. The van der Waals surface area contributed by atoms with E-state index in [4.69, 9.17) is 5.11 Å². The van der Waals surface area contributed by atoms with Crippen LogP contribution in [-0.2, 0) is 10.0 Å². The van der Waals surface area contributed by atoms with Crippen molar-refractivity contribution in [2.45, 2.75) is 5.03 Å². The van der Waals surface area contributed by atoms with Crippen LogP contribution in [0.3, 0.4) is 0 Å². The van der Waals surface area contributed by atoms with Crippen LogP contribution >= 0.6 is 0 Å². The number of aromatic carboxylic acids is 1. The summed E-state index contributed by atoms with van der Waals surface area (Å²) in [5.74, 6) is -2.19. The van der Waals surface area contributed by atoms with Crippen LogP contribution < -0.4 is 4.72 Å². The minimum atomic E-state index is -4.22. The number of halogens is 1. The number of benzene rings is 1. The lowest BCUT2D eigenvalue weighted by Gasteiger charge is -2.08. The molecule has 1 aromatic heterocycles. The van der Waals surface area contributed by atoms with Crippen LogP contribution in [0.4, 0.5) is 10.1 Å². The van der Waals surface area contributed by atoms with Gasteiger partial charge in [0.15, 0.2) is 5.82 Å². The van der Waals surface area contributed by atoms with E-state index < -0.39 is 26.8 Å². The number of carboxylic acids is 1. The van der Waals surface area contributed by atoms with E-state index >= 15 is 0 Å². The molecule has 104 valence electrons. The van der Waals surface area contributed by atoms with Gasteiger partial charge in [-0.2, -0.15) is 8.42 Å². The van der Waals surface area contributed by atoms with Gasteiger partial charge >= 0.3 is 5.97 Å². The molecular formula is C12H9FN2O4S. The van der Waals surface area contributed by atoms with Crippen molar-refractivity contribution in [2.75, 3.05) is 4.72 Å². The number of carbonyl (C=O) groups is 1. The summed E-state index contributed by atoms with van der Waals surface area (Å²) in [7, 11) is -4.22. The number of nitrogens with zero attached hydrogens (tertiary/aromatic N) is 1. The molecule has 0 spiro atoms. The van der Waals surface area contributed by atoms with E-state index in [0.717, 1.165) is 18.3 Å². The summed E-state index contributed by atoms with van der Waals surface area (Å²) in [6, 6.07) is 7.39. The first-order valence-corrected chi connectivity index (χ1v) is 6.85. The molecule has 0 amide bonds. The minimum absolute atomic E-state index is 0.00922. The Morgan fingerprint density at radius 2 is 2.00 bits per heavy atom. The Bertz CT molecular complexity index is 762. The summed E-state index contributed by atoms with van der Waals surface area (Å²) in [4.78, 5) is 14.3. The van der Waals surface area contributed by atoms with E-state index in [0.29, 0.717) is 0 Å². The Kier molecular flexibility index (Phi) is 3.66. The molecule has 0 aliphatic carbocycles. The molecule has 6 nitrogen and oxygen atoms in total. The Morgan fingerprint density at radius 1 is 1.25 bits per heavy atom. The van der Waals surface area contributed by atoms with Crippen LogP contribution in [0.1, 0.15) is 10.4 Å². The number of aromatic nitrogens is 1. The molecular weight excluding hydrogens is 287 g/mol. The van der Waals surface area contributed by atoms with Crippen molar-refractivity contribution < 1.29 is 22.7 Å². The average molecular weight is 296 g/mol. The van der Waals surface area contributed by atoms with E-state index in [1.807, 2.05) is 0 Å². The lowest BCUT2D eigenvalue weighted by Crippen LogP contribution is -2.16. The fourth-order valence-corrected chi connectivity index (χ4v) is 2.55. The van der Waals surface area contributed by atoms with Gasteiger partial charge in [0.1, 0.15) is 0 Å². The normalized spacial score (nSPS) is 11.1. The molecule has 0 fully saturated rings. The van der Waals surface area contributed by atoms with Gasteiger partial charge in [-0.05, 0) is 30.3 Å². The van der Waals surface area contributed by atoms with Crippen LogP contribution in [0.2, 0.25) is 0 Å². The topological polar surface area (TPSA) is 96.4 Å². The second kappa shape index (κ2) is 5.25. The average Bonchev–Trinajstić information content (AvgIpc) is 2.38. The number of hydrogen-bond acceptors (Lipinski definition) is 4. The molecule has 0 atom stereocenters. The highest BCUT2D eigenvalue weighted by molar-refractivity contribution is 7.92. The Hall–Kier alpha value is -2.48. The number of anilines is 1. The van der Waals surface area contributed by atoms with E-state index in [2.05, 4.69) is 9.71 Å². The van der Waals surface area contributed by atoms with Gasteiger partial charge in [-0.1, -0.05) is 6.07 Å². The highest BCUT2D eigenvalue weighted by Crippen LogP contribution is 2.17. The van der Waals surface area contributed by atoms with Gasteiger partial charge in [0, 0.05) is 11.9 Å². The van der Waals surface area contributed by atoms with Crippen LogP contribution in [0, 0.1) is 5.82 Å². The monoisotopic (exact) mass is 296 g/mol. The second-order valence-corrected chi connectivity index (χ2v) is 5.38. The van der Waals surface area contributed by atoms with Crippen molar-refractivity contribution >= 4 is 21.7 Å². The van der Waals surface area contributed by atoms with Crippen molar-refractivity contribution in [1.82, 2.24) is 4.98 Å². The number of hydrogen-bond donors (Lipinski definition) is 2. The highest BCUT2D eigenvalue weighted by Gasteiger charge is 2.20. The van der Waals surface area contributed by atoms with E-state index in [9.17, 15) is 17.6 Å². The molecule has 0 radical (unpaired) electrons. The molecule has 0 unspecified atom stereocenters. The largest absolute Gasteiger partial charge is 0.478 e. The maximum absolute atomic E-state index is 13.4. The molecule has 1 heterocycles. The standard InChI is InChI=1S/C12H9FN2O4S/c13-10-5-2-6-14-11(10)20(18,19)15-9-4-1-3-8(7-9)12(16)17/h1-7,15H,(H,16,17). The summed E-state index contributed by atoms with van der Waals surface area (Å²) in [5, 5.41) is 8.07. The molecule has 0 saturated carbocycles.